The number of pyridine rings is 1. The van der Waals surface area contributed by atoms with E-state index in [0.717, 1.165) is 61.0 Å². The van der Waals surface area contributed by atoms with E-state index in [0.29, 0.717) is 23.9 Å². The second kappa shape index (κ2) is 13.4. The lowest BCUT2D eigenvalue weighted by atomic mass is 9.52. The standard InChI is InChI=1S/C39H52N4O/c40-22-19-31-32-15-8-10-21-39-28-42-23-11-6-4-2-1-3-5-7-14-29-26-30(34(39)20-25-42)27-43(38(29)39)24-12-9-17-35(32)41-37-33(31)16-13-18-36(37)44/h8,13,15-16,18,26,30,34,38,44H,2,4-7,9-12,14,17,19-25,27-28,40H2/b15-8-/t30-,34-,38-,39-/m1/s1. The molecular weight excluding hydrogens is 540 g/mol. The number of aryl methyl sites for hydroxylation is 1. The van der Waals surface area contributed by atoms with Crippen molar-refractivity contribution in [2.45, 2.75) is 95.9 Å². The minimum atomic E-state index is 0.273. The van der Waals surface area contributed by atoms with Crippen LogP contribution in [-0.4, -0.2) is 65.2 Å². The number of hydrogen-bond acceptors (Lipinski definition) is 5. The van der Waals surface area contributed by atoms with Gasteiger partial charge < -0.3 is 15.7 Å². The van der Waals surface area contributed by atoms with E-state index in [1.54, 1.807) is 11.6 Å². The molecule has 1 aromatic heterocycles. The molecule has 6 bridgehead atoms. The minimum absolute atomic E-state index is 0.273. The lowest BCUT2D eigenvalue weighted by Gasteiger charge is -2.64. The van der Waals surface area contributed by atoms with E-state index in [2.05, 4.69) is 45.9 Å². The van der Waals surface area contributed by atoms with Crippen LogP contribution in [0.4, 0.5) is 0 Å². The largest absolute Gasteiger partial charge is 0.506 e. The Morgan fingerprint density at radius 1 is 1.00 bits per heavy atom. The molecule has 3 N–H and O–H groups in total. The molecular formula is C39H52N4O. The first-order valence-corrected chi connectivity index (χ1v) is 17.8. The lowest BCUT2D eigenvalue weighted by Crippen LogP contribution is -2.68. The quantitative estimate of drug-likeness (QED) is 0.294. The number of rotatable bonds is 2. The third-order valence-corrected chi connectivity index (χ3v) is 11.6. The van der Waals surface area contributed by atoms with Gasteiger partial charge in [-0.25, -0.2) is 4.98 Å². The summed E-state index contributed by atoms with van der Waals surface area (Å²) < 4.78 is 0. The highest BCUT2D eigenvalue weighted by Gasteiger charge is 2.58. The highest BCUT2D eigenvalue weighted by atomic mass is 16.3. The summed E-state index contributed by atoms with van der Waals surface area (Å²) in [6.45, 7) is 6.78. The van der Waals surface area contributed by atoms with Gasteiger partial charge in [0.05, 0.1) is 0 Å². The van der Waals surface area contributed by atoms with Crippen molar-refractivity contribution in [2.24, 2.45) is 23.0 Å². The van der Waals surface area contributed by atoms with Gasteiger partial charge in [0.15, 0.2) is 0 Å². The van der Waals surface area contributed by atoms with Gasteiger partial charge in [-0.3, -0.25) is 4.90 Å². The fourth-order valence-electron chi connectivity index (χ4n) is 9.84. The highest BCUT2D eigenvalue weighted by molar-refractivity contribution is 5.90. The Kier molecular flexibility index (Phi) is 9.13. The molecule has 5 nitrogen and oxygen atoms in total. The summed E-state index contributed by atoms with van der Waals surface area (Å²) in [5.41, 5.74) is 12.6. The van der Waals surface area contributed by atoms with Crippen molar-refractivity contribution in [3.63, 3.8) is 0 Å². The van der Waals surface area contributed by atoms with Crippen LogP contribution in [0.25, 0.3) is 17.0 Å². The van der Waals surface area contributed by atoms with Crippen molar-refractivity contribution < 1.29 is 5.11 Å². The van der Waals surface area contributed by atoms with Crippen molar-refractivity contribution in [1.82, 2.24) is 14.8 Å². The third-order valence-electron chi connectivity index (χ3n) is 11.6. The average molecular weight is 593 g/mol. The van der Waals surface area contributed by atoms with Gasteiger partial charge in [-0.15, -0.1) is 11.8 Å². The molecule has 6 atom stereocenters. The maximum Gasteiger partial charge on any atom is 0.141 e. The van der Waals surface area contributed by atoms with Gasteiger partial charge in [0.2, 0.25) is 0 Å². The first-order valence-electron chi connectivity index (χ1n) is 17.8. The zero-order chi connectivity index (χ0) is 29.9. The number of aromatic nitrogens is 1. The van der Waals surface area contributed by atoms with Crippen LogP contribution < -0.4 is 5.73 Å². The van der Waals surface area contributed by atoms with E-state index in [9.17, 15) is 5.11 Å². The summed E-state index contributed by atoms with van der Waals surface area (Å²) in [4.78, 5) is 10.9. The molecule has 8 rings (SSSR count). The zero-order valence-corrected chi connectivity index (χ0v) is 26.7. The second-order valence-corrected chi connectivity index (χ2v) is 14.3. The number of para-hydroxylation sites is 1. The smallest absolute Gasteiger partial charge is 0.141 e. The Morgan fingerprint density at radius 2 is 1.89 bits per heavy atom. The SMILES string of the molecule is NCCc1c2c(nc3c(O)cccc13)CCCCN1C[C@H]3C=C4CCCC#CCCCCCN5CC[C@H]3[C@@](CC/C=C\2)(C5)[C@@H]41. The Balaban J connectivity index is 1.26. The molecule has 6 aliphatic rings. The summed E-state index contributed by atoms with van der Waals surface area (Å²) in [5, 5.41) is 11.8. The number of nitrogens with two attached hydrogens (primary N) is 1. The van der Waals surface area contributed by atoms with Gasteiger partial charge in [-0.2, -0.15) is 0 Å². The topological polar surface area (TPSA) is 65.6 Å². The van der Waals surface area contributed by atoms with E-state index in [1.807, 2.05) is 6.07 Å². The number of fused-ring (bicyclic) bond motifs is 3. The third kappa shape index (κ3) is 5.75. The van der Waals surface area contributed by atoms with Crippen LogP contribution in [-0.2, 0) is 12.8 Å². The van der Waals surface area contributed by atoms with E-state index in [-0.39, 0.29) is 5.75 Å². The van der Waals surface area contributed by atoms with Gasteiger partial charge >= 0.3 is 0 Å². The summed E-state index contributed by atoms with van der Waals surface area (Å²) in [6.07, 6.45) is 23.7. The van der Waals surface area contributed by atoms with Crippen LogP contribution in [0, 0.1) is 29.1 Å². The number of phenolic OH excluding ortho intramolecular Hbond substituents is 1. The molecule has 44 heavy (non-hydrogen) atoms. The Hall–Kier alpha value is -2.65. The summed E-state index contributed by atoms with van der Waals surface area (Å²) in [6, 6.07) is 6.38. The fraction of sp³-hybridized carbons (Fsp3) is 0.615. The highest BCUT2D eigenvalue weighted by Crippen LogP contribution is 2.57. The van der Waals surface area contributed by atoms with Gasteiger partial charge in [0.25, 0.3) is 0 Å². The van der Waals surface area contributed by atoms with Gasteiger partial charge in [-0.1, -0.05) is 42.4 Å². The molecule has 1 spiro atoms. The number of phenols is 1. The van der Waals surface area contributed by atoms with Crippen LogP contribution in [0.2, 0.25) is 0 Å². The van der Waals surface area contributed by atoms with Gasteiger partial charge in [0, 0.05) is 48.5 Å². The molecule has 234 valence electrons. The summed E-state index contributed by atoms with van der Waals surface area (Å²) >= 11 is 0. The van der Waals surface area contributed by atoms with Crippen LogP contribution in [0.5, 0.6) is 5.75 Å². The Labute approximate surface area is 265 Å². The molecule has 2 fully saturated rings. The maximum atomic E-state index is 10.7. The Bertz CT molecular complexity index is 1470. The summed E-state index contributed by atoms with van der Waals surface area (Å²) in [7, 11) is 0. The molecule has 2 saturated heterocycles. The first-order chi connectivity index (χ1) is 21.7. The molecule has 2 aromatic rings. The second-order valence-electron chi connectivity index (χ2n) is 14.3. The molecule has 6 heterocycles. The number of nitrogens with zero attached hydrogens (tertiary/aromatic N) is 3. The molecule has 5 heteroatoms. The van der Waals surface area contributed by atoms with Crippen molar-refractivity contribution in [3.8, 4) is 17.6 Å². The molecule has 1 aliphatic carbocycles. The number of benzene rings is 1. The lowest BCUT2D eigenvalue weighted by molar-refractivity contribution is -0.110. The van der Waals surface area contributed by atoms with Crippen molar-refractivity contribution in [3.05, 3.63) is 52.7 Å². The van der Waals surface area contributed by atoms with Crippen molar-refractivity contribution >= 4 is 17.0 Å². The average Bonchev–Trinajstić information content (AvgIpc) is 3.03. The normalized spacial score (nSPS) is 33.3. The van der Waals surface area contributed by atoms with Crippen LogP contribution in [0.3, 0.4) is 0 Å². The van der Waals surface area contributed by atoms with Gasteiger partial charge in [-0.05, 0) is 126 Å². The predicted octanol–water partition coefficient (Wildman–Crippen LogP) is 6.87. The molecule has 2 unspecified atom stereocenters. The van der Waals surface area contributed by atoms with Crippen LogP contribution >= 0.6 is 0 Å². The number of hydrogen-bond donors (Lipinski definition) is 2. The summed E-state index contributed by atoms with van der Waals surface area (Å²) in [5.74, 6) is 8.75. The van der Waals surface area contributed by atoms with E-state index < -0.39 is 0 Å². The maximum absolute atomic E-state index is 10.7. The first kappa shape index (κ1) is 30.0. The minimum Gasteiger partial charge on any atom is -0.506 e. The van der Waals surface area contributed by atoms with Crippen molar-refractivity contribution in [2.75, 3.05) is 39.3 Å². The molecule has 1 aromatic carbocycles. The van der Waals surface area contributed by atoms with E-state index in [4.69, 9.17) is 10.7 Å². The van der Waals surface area contributed by atoms with Crippen LogP contribution in [0.15, 0.2) is 35.9 Å². The monoisotopic (exact) mass is 592 g/mol. The van der Waals surface area contributed by atoms with Crippen LogP contribution in [0.1, 0.15) is 93.9 Å². The van der Waals surface area contributed by atoms with E-state index >= 15 is 0 Å². The molecule has 0 radical (unpaired) electrons. The molecule has 0 saturated carbocycles. The molecule has 5 aliphatic heterocycles. The Morgan fingerprint density at radius 3 is 2.80 bits per heavy atom. The number of allylic oxidation sites excluding steroid dienone is 1. The molecule has 0 amide bonds. The van der Waals surface area contributed by atoms with Gasteiger partial charge in [0.1, 0.15) is 11.3 Å². The fourth-order valence-corrected chi connectivity index (χ4v) is 9.84. The zero-order valence-electron chi connectivity index (χ0n) is 26.7. The van der Waals surface area contributed by atoms with Crippen molar-refractivity contribution in [1.29, 1.82) is 0 Å². The number of aromatic hydroxyl groups is 1. The predicted molar refractivity (Wildman–Crippen MR) is 181 cm³/mol. The van der Waals surface area contributed by atoms with E-state index in [1.165, 1.54) is 95.2 Å². The number of piperidine rings is 2.